The summed E-state index contributed by atoms with van der Waals surface area (Å²) in [6.45, 7) is 0. The molecular weight excluding hydrogens is 228 g/mol. The molecule has 0 saturated carbocycles. The molecule has 2 rings (SSSR count). The van der Waals surface area contributed by atoms with Crippen molar-refractivity contribution in [2.24, 2.45) is 0 Å². The molecule has 0 aliphatic heterocycles. The summed E-state index contributed by atoms with van der Waals surface area (Å²) in [5.74, 6) is 0.850. The topological polar surface area (TPSA) is 66.0 Å². The number of hydrogen-bond donors (Lipinski definition) is 0. The first kappa shape index (κ1) is 11.5. The lowest BCUT2D eigenvalue weighted by Gasteiger charge is -2.09. The molecule has 0 amide bonds. The van der Waals surface area contributed by atoms with Gasteiger partial charge in [0.1, 0.15) is 11.5 Å². The highest BCUT2D eigenvalue weighted by Gasteiger charge is 2.11. The Labute approximate surface area is 104 Å². The number of rotatable bonds is 3. The average molecular weight is 236 g/mol. The number of para-hydroxylation sites is 2. The second-order valence-corrected chi connectivity index (χ2v) is 3.38. The molecule has 0 heterocycles. The van der Waals surface area contributed by atoms with E-state index < -0.39 is 0 Å². The summed E-state index contributed by atoms with van der Waals surface area (Å²) in [4.78, 5) is 0. The van der Waals surface area contributed by atoms with Gasteiger partial charge in [-0.05, 0) is 12.1 Å². The molecule has 0 fully saturated rings. The van der Waals surface area contributed by atoms with Crippen LogP contribution in [0.15, 0.2) is 48.5 Å². The van der Waals surface area contributed by atoms with Crippen molar-refractivity contribution < 1.29 is 9.47 Å². The van der Waals surface area contributed by atoms with Crippen LogP contribution in [-0.2, 0) is 0 Å². The van der Waals surface area contributed by atoms with Crippen LogP contribution >= 0.6 is 0 Å². The summed E-state index contributed by atoms with van der Waals surface area (Å²) < 4.78 is 9.78. The van der Waals surface area contributed by atoms with Crippen LogP contribution in [0.5, 0.6) is 11.5 Å². The van der Waals surface area contributed by atoms with Crippen LogP contribution < -0.4 is 9.47 Å². The van der Waals surface area contributed by atoms with Gasteiger partial charge in [-0.3, -0.25) is 0 Å². The Kier molecular flexibility index (Phi) is 3.44. The van der Waals surface area contributed by atoms with E-state index in [1.807, 2.05) is 12.1 Å². The Bertz CT molecular complexity index is 581. The zero-order valence-corrected chi connectivity index (χ0v) is 9.33. The molecule has 0 unspecified atom stereocenters. The van der Waals surface area contributed by atoms with Crippen LogP contribution in [0.4, 0.5) is 0 Å². The molecule has 0 aromatic heterocycles. The van der Waals surface area contributed by atoms with Crippen LogP contribution in [0.2, 0.25) is 0 Å². The van der Waals surface area contributed by atoms with Crippen LogP contribution in [0, 0.1) is 23.0 Å². The van der Waals surface area contributed by atoms with Gasteiger partial charge in [0.2, 0.25) is 0 Å². The van der Waals surface area contributed by atoms with Gasteiger partial charge in [0.15, 0.2) is 0 Å². The standard InChI is InChI=1S/C14H8N2O2/c15-9-17-13-7-3-1-5-11(13)12-6-2-4-8-14(12)18-10-16/h1-8H. The Morgan fingerprint density at radius 1 is 0.667 bits per heavy atom. The second-order valence-electron chi connectivity index (χ2n) is 3.38. The molecule has 4 nitrogen and oxygen atoms in total. The second kappa shape index (κ2) is 5.38. The van der Waals surface area contributed by atoms with Gasteiger partial charge in [-0.2, -0.15) is 0 Å². The van der Waals surface area contributed by atoms with Gasteiger partial charge in [-0.15, -0.1) is 10.5 Å². The van der Waals surface area contributed by atoms with E-state index in [4.69, 9.17) is 20.0 Å². The summed E-state index contributed by atoms with van der Waals surface area (Å²) in [6.07, 6.45) is 3.28. The van der Waals surface area contributed by atoms with Gasteiger partial charge < -0.3 is 9.47 Å². The highest BCUT2D eigenvalue weighted by molar-refractivity contribution is 5.75. The predicted molar refractivity (Wildman–Crippen MR) is 64.4 cm³/mol. The number of benzene rings is 2. The maximum absolute atomic E-state index is 8.61. The molecular formula is C14H8N2O2. The minimum Gasteiger partial charge on any atom is -0.387 e. The molecule has 0 radical (unpaired) electrons. The third-order valence-electron chi connectivity index (χ3n) is 2.38. The highest BCUT2D eigenvalue weighted by atomic mass is 16.5. The maximum atomic E-state index is 8.61. The fraction of sp³-hybridized carbons (Fsp3) is 0. The van der Waals surface area contributed by atoms with Crippen molar-refractivity contribution >= 4 is 0 Å². The quantitative estimate of drug-likeness (QED) is 0.768. The lowest BCUT2D eigenvalue weighted by atomic mass is 10.0. The predicted octanol–water partition coefficient (Wildman–Crippen LogP) is 3.07. The molecule has 0 N–H and O–H groups in total. The summed E-state index contributed by atoms with van der Waals surface area (Å²) in [6, 6.07) is 14.1. The normalized spacial score (nSPS) is 9.00. The van der Waals surface area contributed by atoms with E-state index >= 15 is 0 Å². The van der Waals surface area contributed by atoms with Gasteiger partial charge in [-0.25, -0.2) is 0 Å². The van der Waals surface area contributed by atoms with Crippen molar-refractivity contribution in [3.63, 3.8) is 0 Å². The Hall–Kier alpha value is -2.98. The Morgan fingerprint density at radius 3 is 1.44 bits per heavy atom. The van der Waals surface area contributed by atoms with Crippen LogP contribution in [-0.4, -0.2) is 0 Å². The maximum Gasteiger partial charge on any atom is 0.292 e. The molecule has 86 valence electrons. The SMILES string of the molecule is N#COc1ccccc1-c1ccccc1OC#N. The van der Waals surface area contributed by atoms with Gasteiger partial charge in [0.25, 0.3) is 12.5 Å². The van der Waals surface area contributed by atoms with Gasteiger partial charge in [0.05, 0.1) is 0 Å². The average Bonchev–Trinajstić information content (AvgIpc) is 2.41. The zero-order valence-electron chi connectivity index (χ0n) is 9.33. The van der Waals surface area contributed by atoms with Crippen molar-refractivity contribution in [2.75, 3.05) is 0 Å². The minimum atomic E-state index is 0.425. The summed E-state index contributed by atoms with van der Waals surface area (Å²) in [7, 11) is 0. The molecule has 0 aliphatic rings. The monoisotopic (exact) mass is 236 g/mol. The first-order valence-electron chi connectivity index (χ1n) is 5.17. The van der Waals surface area contributed by atoms with E-state index in [1.165, 1.54) is 0 Å². The van der Waals surface area contributed by atoms with Crippen molar-refractivity contribution in [1.82, 2.24) is 0 Å². The number of nitrogens with zero attached hydrogens (tertiary/aromatic N) is 2. The largest absolute Gasteiger partial charge is 0.387 e. The molecule has 0 bridgehead atoms. The highest BCUT2D eigenvalue weighted by Crippen LogP contribution is 2.35. The van der Waals surface area contributed by atoms with E-state index in [1.54, 1.807) is 48.9 Å². The van der Waals surface area contributed by atoms with Crippen LogP contribution in [0.3, 0.4) is 0 Å². The third kappa shape index (κ3) is 2.23. The fourth-order valence-electron chi connectivity index (χ4n) is 1.65. The fourth-order valence-corrected chi connectivity index (χ4v) is 1.65. The molecule has 2 aromatic carbocycles. The van der Waals surface area contributed by atoms with E-state index in [0.717, 1.165) is 0 Å². The molecule has 0 spiro atoms. The first-order valence-corrected chi connectivity index (χ1v) is 5.17. The van der Waals surface area contributed by atoms with Gasteiger partial charge >= 0.3 is 0 Å². The summed E-state index contributed by atoms with van der Waals surface area (Å²) in [5, 5.41) is 17.2. The lowest BCUT2D eigenvalue weighted by Crippen LogP contribution is -1.90. The van der Waals surface area contributed by atoms with Crippen LogP contribution in [0.25, 0.3) is 11.1 Å². The van der Waals surface area contributed by atoms with Crippen molar-refractivity contribution in [3.05, 3.63) is 48.5 Å². The van der Waals surface area contributed by atoms with Crippen molar-refractivity contribution in [3.8, 4) is 35.1 Å². The van der Waals surface area contributed by atoms with E-state index in [0.29, 0.717) is 22.6 Å². The third-order valence-corrected chi connectivity index (χ3v) is 2.38. The van der Waals surface area contributed by atoms with E-state index in [2.05, 4.69) is 0 Å². The Balaban J connectivity index is 2.56. The smallest absolute Gasteiger partial charge is 0.292 e. The minimum absolute atomic E-state index is 0.425. The molecule has 2 aromatic rings. The number of nitriles is 2. The molecule has 0 aliphatic carbocycles. The van der Waals surface area contributed by atoms with E-state index in [-0.39, 0.29) is 0 Å². The van der Waals surface area contributed by atoms with Gasteiger partial charge in [-0.1, -0.05) is 36.4 Å². The Morgan fingerprint density at radius 2 is 1.06 bits per heavy atom. The van der Waals surface area contributed by atoms with Crippen LogP contribution in [0.1, 0.15) is 0 Å². The van der Waals surface area contributed by atoms with Gasteiger partial charge in [0, 0.05) is 11.1 Å². The molecule has 18 heavy (non-hydrogen) atoms. The zero-order chi connectivity index (χ0) is 12.8. The van der Waals surface area contributed by atoms with Crippen molar-refractivity contribution in [2.45, 2.75) is 0 Å². The lowest BCUT2D eigenvalue weighted by molar-refractivity contribution is 0.501. The first-order chi connectivity index (χ1) is 8.86. The molecule has 4 heteroatoms. The summed E-state index contributed by atoms with van der Waals surface area (Å²) >= 11 is 0. The van der Waals surface area contributed by atoms with Crippen molar-refractivity contribution in [1.29, 1.82) is 10.5 Å². The molecule has 0 saturated heterocycles. The number of ether oxygens (including phenoxy) is 2. The molecule has 0 atom stereocenters. The number of hydrogen-bond acceptors (Lipinski definition) is 4. The summed E-state index contributed by atoms with van der Waals surface area (Å²) in [5.41, 5.74) is 1.40. The van der Waals surface area contributed by atoms with E-state index in [9.17, 15) is 0 Å².